The third kappa shape index (κ3) is 3.41. The summed E-state index contributed by atoms with van der Waals surface area (Å²) in [6.45, 7) is 4.74. The molecule has 0 radical (unpaired) electrons. The number of piperidine rings is 1. The highest BCUT2D eigenvalue weighted by atomic mass is 16.6. The molecule has 2 rings (SSSR count). The van der Waals surface area contributed by atoms with Crippen LogP contribution in [0, 0.1) is 16.0 Å². The summed E-state index contributed by atoms with van der Waals surface area (Å²) in [5.41, 5.74) is 0.387. The van der Waals surface area contributed by atoms with Crippen LogP contribution in [0.3, 0.4) is 0 Å². The number of carbonyl (C=O) groups excluding carboxylic acids is 1. The number of aromatic nitrogens is 1. The van der Waals surface area contributed by atoms with E-state index in [2.05, 4.69) is 5.32 Å². The molecule has 21 heavy (non-hydrogen) atoms. The van der Waals surface area contributed by atoms with Crippen molar-refractivity contribution in [2.24, 2.45) is 5.92 Å². The second kappa shape index (κ2) is 6.71. The molecule has 1 amide bonds. The van der Waals surface area contributed by atoms with Gasteiger partial charge < -0.3 is 14.8 Å². The summed E-state index contributed by atoms with van der Waals surface area (Å²) in [5.74, 6) is 0.346. The van der Waals surface area contributed by atoms with E-state index in [0.717, 1.165) is 25.9 Å². The number of amides is 1. The second-order valence-electron chi connectivity index (χ2n) is 5.44. The van der Waals surface area contributed by atoms with Crippen LogP contribution in [0.25, 0.3) is 0 Å². The Morgan fingerprint density at radius 1 is 1.57 bits per heavy atom. The van der Waals surface area contributed by atoms with E-state index < -0.39 is 4.92 Å². The van der Waals surface area contributed by atoms with E-state index >= 15 is 0 Å². The number of carbonyl (C=O) groups is 1. The Kier molecular flexibility index (Phi) is 4.95. The normalized spacial score (nSPS) is 18.8. The average molecular weight is 294 g/mol. The SMILES string of the molecule is CCn1cc([N+](=O)[O-])cc1C(=O)N1CCCC(CNC)C1. The van der Waals surface area contributed by atoms with E-state index in [4.69, 9.17) is 0 Å². The molecule has 1 aliphatic rings. The number of nitrogens with zero attached hydrogens (tertiary/aromatic N) is 3. The predicted molar refractivity (Wildman–Crippen MR) is 79.3 cm³/mol. The third-order valence-electron chi connectivity index (χ3n) is 3.95. The van der Waals surface area contributed by atoms with Gasteiger partial charge in [0.15, 0.2) is 0 Å². The van der Waals surface area contributed by atoms with Crippen LogP contribution in [-0.2, 0) is 6.54 Å². The molecule has 0 spiro atoms. The van der Waals surface area contributed by atoms with Gasteiger partial charge in [0.2, 0.25) is 0 Å². The molecule has 1 saturated heterocycles. The molecule has 1 aromatic rings. The summed E-state index contributed by atoms with van der Waals surface area (Å²) in [6.07, 6.45) is 3.52. The monoisotopic (exact) mass is 294 g/mol. The summed E-state index contributed by atoms with van der Waals surface area (Å²) in [6, 6.07) is 1.38. The fraction of sp³-hybridized carbons (Fsp3) is 0.643. The van der Waals surface area contributed by atoms with Crippen molar-refractivity contribution in [1.82, 2.24) is 14.8 Å². The van der Waals surface area contributed by atoms with Crippen LogP contribution in [-0.4, -0.2) is 47.0 Å². The van der Waals surface area contributed by atoms with Crippen molar-refractivity contribution >= 4 is 11.6 Å². The molecule has 7 nitrogen and oxygen atoms in total. The first kappa shape index (κ1) is 15.5. The van der Waals surface area contributed by atoms with Gasteiger partial charge in [-0.2, -0.15) is 0 Å². The minimum atomic E-state index is -0.455. The molecule has 7 heteroatoms. The van der Waals surface area contributed by atoms with E-state index in [1.165, 1.54) is 12.3 Å². The van der Waals surface area contributed by atoms with Crippen LogP contribution in [0.5, 0.6) is 0 Å². The largest absolute Gasteiger partial charge is 0.337 e. The summed E-state index contributed by atoms with van der Waals surface area (Å²) < 4.78 is 1.65. The minimum absolute atomic E-state index is 0.0241. The Morgan fingerprint density at radius 2 is 2.33 bits per heavy atom. The average Bonchev–Trinajstić information content (AvgIpc) is 2.91. The zero-order valence-electron chi connectivity index (χ0n) is 12.5. The maximum Gasteiger partial charge on any atom is 0.287 e. The summed E-state index contributed by atoms with van der Waals surface area (Å²) in [7, 11) is 1.91. The molecule has 1 fully saturated rings. The zero-order chi connectivity index (χ0) is 15.4. The molecule has 1 unspecified atom stereocenters. The molecule has 0 aliphatic carbocycles. The van der Waals surface area contributed by atoms with Crippen molar-refractivity contribution < 1.29 is 9.72 Å². The number of nitro groups is 1. The molecule has 2 heterocycles. The van der Waals surface area contributed by atoms with Gasteiger partial charge in [-0.3, -0.25) is 14.9 Å². The molecular formula is C14H22N4O3. The first-order valence-corrected chi connectivity index (χ1v) is 7.35. The highest BCUT2D eigenvalue weighted by Gasteiger charge is 2.27. The molecule has 1 N–H and O–H groups in total. The zero-order valence-corrected chi connectivity index (χ0v) is 12.5. The molecule has 0 aromatic carbocycles. The lowest BCUT2D eigenvalue weighted by molar-refractivity contribution is -0.384. The summed E-state index contributed by atoms with van der Waals surface area (Å²) in [4.78, 5) is 24.9. The quantitative estimate of drug-likeness (QED) is 0.659. The van der Waals surface area contributed by atoms with Crippen LogP contribution in [0.15, 0.2) is 12.3 Å². The fourth-order valence-electron chi connectivity index (χ4n) is 2.90. The number of rotatable bonds is 5. The Labute approximate surface area is 124 Å². The maximum atomic E-state index is 12.6. The van der Waals surface area contributed by atoms with Crippen LogP contribution in [0.1, 0.15) is 30.3 Å². The molecule has 116 valence electrons. The van der Waals surface area contributed by atoms with Crippen LogP contribution in [0.4, 0.5) is 5.69 Å². The third-order valence-corrected chi connectivity index (χ3v) is 3.95. The Morgan fingerprint density at radius 3 is 2.95 bits per heavy atom. The number of hydrogen-bond donors (Lipinski definition) is 1. The first-order chi connectivity index (χ1) is 10.1. The fourth-order valence-corrected chi connectivity index (χ4v) is 2.90. The molecule has 0 bridgehead atoms. The van der Waals surface area contributed by atoms with Gasteiger partial charge in [-0.25, -0.2) is 0 Å². The highest BCUT2D eigenvalue weighted by molar-refractivity contribution is 5.93. The lowest BCUT2D eigenvalue weighted by atomic mass is 9.98. The van der Waals surface area contributed by atoms with Crippen LogP contribution >= 0.6 is 0 Å². The molecular weight excluding hydrogens is 272 g/mol. The van der Waals surface area contributed by atoms with Gasteiger partial charge in [0.1, 0.15) is 5.69 Å². The molecule has 1 aliphatic heterocycles. The van der Waals surface area contributed by atoms with Crippen molar-refractivity contribution in [2.75, 3.05) is 26.7 Å². The second-order valence-corrected chi connectivity index (χ2v) is 5.44. The first-order valence-electron chi connectivity index (χ1n) is 7.35. The van der Waals surface area contributed by atoms with Gasteiger partial charge in [-0.1, -0.05) is 0 Å². The lowest BCUT2D eigenvalue weighted by Gasteiger charge is -2.32. The maximum absolute atomic E-state index is 12.6. The Hall–Kier alpha value is -1.89. The van der Waals surface area contributed by atoms with Gasteiger partial charge >= 0.3 is 0 Å². The van der Waals surface area contributed by atoms with Gasteiger partial charge in [0, 0.05) is 25.7 Å². The van der Waals surface area contributed by atoms with E-state index in [9.17, 15) is 14.9 Å². The Balaban J connectivity index is 2.17. The summed E-state index contributed by atoms with van der Waals surface area (Å²) >= 11 is 0. The Bertz CT molecular complexity index is 524. The van der Waals surface area contributed by atoms with Crippen molar-refractivity contribution in [2.45, 2.75) is 26.3 Å². The smallest absolute Gasteiger partial charge is 0.287 e. The molecule has 1 atom stereocenters. The van der Waals surface area contributed by atoms with E-state index in [0.29, 0.717) is 24.7 Å². The van der Waals surface area contributed by atoms with E-state index in [-0.39, 0.29) is 11.6 Å². The van der Waals surface area contributed by atoms with Crippen LogP contribution < -0.4 is 5.32 Å². The number of likely N-dealkylation sites (tertiary alicyclic amines) is 1. The lowest BCUT2D eigenvalue weighted by Crippen LogP contribution is -2.43. The topological polar surface area (TPSA) is 80.4 Å². The van der Waals surface area contributed by atoms with Crippen molar-refractivity contribution in [3.8, 4) is 0 Å². The van der Waals surface area contributed by atoms with Gasteiger partial charge in [0.25, 0.3) is 11.6 Å². The van der Waals surface area contributed by atoms with E-state index in [1.807, 2.05) is 18.9 Å². The molecule has 1 aromatic heterocycles. The standard InChI is InChI=1S/C14H22N4O3/c1-3-16-10-12(18(20)21)7-13(16)14(19)17-6-4-5-11(9-17)8-15-2/h7,10-11,15H,3-6,8-9H2,1-2H3. The highest BCUT2D eigenvalue weighted by Crippen LogP contribution is 2.22. The molecule has 0 saturated carbocycles. The van der Waals surface area contributed by atoms with Crippen molar-refractivity contribution in [3.05, 3.63) is 28.1 Å². The summed E-state index contributed by atoms with van der Waals surface area (Å²) in [5, 5.41) is 14.0. The van der Waals surface area contributed by atoms with Gasteiger partial charge in [-0.15, -0.1) is 0 Å². The van der Waals surface area contributed by atoms with E-state index in [1.54, 1.807) is 4.57 Å². The number of aryl methyl sites for hydroxylation is 1. The van der Waals surface area contributed by atoms with Gasteiger partial charge in [-0.05, 0) is 39.3 Å². The minimum Gasteiger partial charge on any atom is -0.337 e. The van der Waals surface area contributed by atoms with Crippen molar-refractivity contribution in [1.29, 1.82) is 0 Å². The number of hydrogen-bond acceptors (Lipinski definition) is 4. The van der Waals surface area contributed by atoms with Crippen LogP contribution in [0.2, 0.25) is 0 Å². The van der Waals surface area contributed by atoms with Gasteiger partial charge in [0.05, 0.1) is 11.1 Å². The number of nitrogens with one attached hydrogen (secondary N) is 1. The van der Waals surface area contributed by atoms with Crippen molar-refractivity contribution in [3.63, 3.8) is 0 Å². The predicted octanol–water partition coefficient (Wildman–Crippen LogP) is 1.49.